The van der Waals surface area contributed by atoms with Crippen molar-refractivity contribution in [3.63, 3.8) is 0 Å². The van der Waals surface area contributed by atoms with E-state index < -0.39 is 0 Å². The highest BCUT2D eigenvalue weighted by Gasteiger charge is 2.40. The number of rotatable bonds is 8. The standard InChI is InChI=1S/C18H27NO2/c1-2-3-11-20-16-8-4-14(5-9-16)13-19-17-10-12-21-18(17)15-6-7-15/h4-5,8-9,15,17-19H,2-3,6-7,10-13H2,1H3. The number of hydrogen-bond donors (Lipinski definition) is 1. The average Bonchev–Trinajstić information content (AvgIpc) is 3.25. The van der Waals surface area contributed by atoms with Gasteiger partial charge in [-0.2, -0.15) is 0 Å². The molecule has 3 rings (SSSR count). The average molecular weight is 289 g/mol. The Morgan fingerprint density at radius 1 is 1.19 bits per heavy atom. The second kappa shape index (κ2) is 7.28. The van der Waals surface area contributed by atoms with E-state index in [2.05, 4.69) is 36.5 Å². The smallest absolute Gasteiger partial charge is 0.119 e. The second-order valence-corrected chi connectivity index (χ2v) is 6.29. The predicted molar refractivity (Wildman–Crippen MR) is 84.6 cm³/mol. The van der Waals surface area contributed by atoms with E-state index in [0.717, 1.165) is 44.3 Å². The van der Waals surface area contributed by atoms with E-state index in [-0.39, 0.29) is 0 Å². The fourth-order valence-corrected chi connectivity index (χ4v) is 3.01. The molecule has 0 radical (unpaired) electrons. The van der Waals surface area contributed by atoms with Gasteiger partial charge in [-0.05, 0) is 49.3 Å². The van der Waals surface area contributed by atoms with Crippen LogP contribution in [-0.2, 0) is 11.3 Å². The van der Waals surface area contributed by atoms with Crippen LogP contribution >= 0.6 is 0 Å². The van der Waals surface area contributed by atoms with E-state index >= 15 is 0 Å². The maximum absolute atomic E-state index is 5.87. The number of hydrogen-bond acceptors (Lipinski definition) is 3. The number of unbranched alkanes of at least 4 members (excludes halogenated alkanes) is 1. The Hall–Kier alpha value is -1.06. The van der Waals surface area contributed by atoms with Crippen LogP contribution in [0.2, 0.25) is 0 Å². The van der Waals surface area contributed by atoms with E-state index in [4.69, 9.17) is 9.47 Å². The Labute approximate surface area is 128 Å². The van der Waals surface area contributed by atoms with Crippen molar-refractivity contribution in [2.45, 2.75) is 57.7 Å². The molecule has 0 aromatic heterocycles. The monoisotopic (exact) mass is 289 g/mol. The zero-order chi connectivity index (χ0) is 14.5. The van der Waals surface area contributed by atoms with Crippen molar-refractivity contribution in [2.24, 2.45) is 5.92 Å². The molecule has 1 saturated heterocycles. The molecule has 2 unspecified atom stereocenters. The third-order valence-electron chi connectivity index (χ3n) is 4.48. The Morgan fingerprint density at radius 2 is 2.00 bits per heavy atom. The lowest BCUT2D eigenvalue weighted by molar-refractivity contribution is 0.0809. The molecule has 2 aliphatic rings. The van der Waals surface area contributed by atoms with Gasteiger partial charge >= 0.3 is 0 Å². The van der Waals surface area contributed by atoms with Crippen LogP contribution in [0, 0.1) is 5.92 Å². The SMILES string of the molecule is CCCCOc1ccc(CNC2CCOC2C2CC2)cc1. The highest BCUT2D eigenvalue weighted by Crippen LogP contribution is 2.38. The highest BCUT2D eigenvalue weighted by molar-refractivity contribution is 5.27. The lowest BCUT2D eigenvalue weighted by Gasteiger charge is -2.19. The Morgan fingerprint density at radius 3 is 2.71 bits per heavy atom. The molecule has 0 spiro atoms. The summed E-state index contributed by atoms with van der Waals surface area (Å²) in [5, 5.41) is 3.68. The Balaban J connectivity index is 1.44. The summed E-state index contributed by atoms with van der Waals surface area (Å²) in [7, 11) is 0. The van der Waals surface area contributed by atoms with E-state index in [1.165, 1.54) is 24.8 Å². The van der Waals surface area contributed by atoms with Gasteiger partial charge in [0.2, 0.25) is 0 Å². The van der Waals surface area contributed by atoms with Crippen molar-refractivity contribution in [1.29, 1.82) is 0 Å². The lowest BCUT2D eigenvalue weighted by Crippen LogP contribution is -2.37. The highest BCUT2D eigenvalue weighted by atomic mass is 16.5. The molecule has 116 valence electrons. The molecule has 0 amide bonds. The maximum atomic E-state index is 5.87. The third kappa shape index (κ3) is 4.21. The van der Waals surface area contributed by atoms with E-state index in [0.29, 0.717) is 12.1 Å². The summed E-state index contributed by atoms with van der Waals surface area (Å²) in [5.74, 6) is 1.80. The first-order chi connectivity index (χ1) is 10.4. The molecule has 1 aliphatic heterocycles. The minimum Gasteiger partial charge on any atom is -0.494 e. The largest absolute Gasteiger partial charge is 0.494 e. The maximum Gasteiger partial charge on any atom is 0.119 e. The minimum absolute atomic E-state index is 0.460. The van der Waals surface area contributed by atoms with Crippen LogP contribution in [0.25, 0.3) is 0 Å². The first kappa shape index (κ1) is 14.9. The molecule has 1 aromatic carbocycles. The number of nitrogens with one attached hydrogen (secondary N) is 1. The van der Waals surface area contributed by atoms with Crippen LogP contribution in [0.1, 0.15) is 44.6 Å². The van der Waals surface area contributed by atoms with Gasteiger partial charge in [0.25, 0.3) is 0 Å². The van der Waals surface area contributed by atoms with Crippen molar-refractivity contribution >= 4 is 0 Å². The first-order valence-electron chi connectivity index (χ1n) is 8.43. The van der Waals surface area contributed by atoms with Gasteiger partial charge in [0.15, 0.2) is 0 Å². The van der Waals surface area contributed by atoms with Gasteiger partial charge in [-0.1, -0.05) is 25.5 Å². The van der Waals surface area contributed by atoms with Crippen LogP contribution in [0.3, 0.4) is 0 Å². The number of ether oxygens (including phenoxy) is 2. The van der Waals surface area contributed by atoms with Crippen LogP contribution < -0.4 is 10.1 Å². The molecule has 1 N–H and O–H groups in total. The van der Waals surface area contributed by atoms with Crippen LogP contribution in [0.15, 0.2) is 24.3 Å². The predicted octanol–water partition coefficient (Wildman–Crippen LogP) is 3.52. The summed E-state index contributed by atoms with van der Waals surface area (Å²) >= 11 is 0. The van der Waals surface area contributed by atoms with Crippen LogP contribution in [-0.4, -0.2) is 25.4 Å². The molecule has 3 heteroatoms. The number of benzene rings is 1. The third-order valence-corrected chi connectivity index (χ3v) is 4.48. The molecular weight excluding hydrogens is 262 g/mol. The molecule has 21 heavy (non-hydrogen) atoms. The molecule has 1 aromatic rings. The quantitative estimate of drug-likeness (QED) is 0.743. The van der Waals surface area contributed by atoms with E-state index in [1.54, 1.807) is 0 Å². The summed E-state index contributed by atoms with van der Waals surface area (Å²) in [6.07, 6.45) is 6.61. The lowest BCUT2D eigenvalue weighted by atomic mass is 10.1. The van der Waals surface area contributed by atoms with Gasteiger partial charge < -0.3 is 14.8 Å². The molecule has 2 atom stereocenters. The summed E-state index contributed by atoms with van der Waals surface area (Å²) in [5.41, 5.74) is 1.32. The van der Waals surface area contributed by atoms with Gasteiger partial charge in [-0.15, -0.1) is 0 Å². The van der Waals surface area contributed by atoms with Gasteiger partial charge in [0.1, 0.15) is 5.75 Å². The van der Waals surface area contributed by atoms with Gasteiger partial charge in [0.05, 0.1) is 12.7 Å². The van der Waals surface area contributed by atoms with Crippen molar-refractivity contribution < 1.29 is 9.47 Å². The Kier molecular flexibility index (Phi) is 5.15. The normalized spacial score (nSPS) is 25.2. The van der Waals surface area contributed by atoms with E-state index in [9.17, 15) is 0 Å². The summed E-state index contributed by atoms with van der Waals surface area (Å²) in [4.78, 5) is 0. The van der Waals surface area contributed by atoms with Gasteiger partial charge in [-0.25, -0.2) is 0 Å². The van der Waals surface area contributed by atoms with Gasteiger partial charge in [0, 0.05) is 19.2 Å². The fraction of sp³-hybridized carbons (Fsp3) is 0.667. The van der Waals surface area contributed by atoms with Crippen molar-refractivity contribution in [2.75, 3.05) is 13.2 Å². The molecule has 0 bridgehead atoms. The summed E-state index contributed by atoms with van der Waals surface area (Å²) in [6, 6.07) is 9.02. The summed E-state index contributed by atoms with van der Waals surface area (Å²) in [6.45, 7) is 4.84. The minimum atomic E-state index is 0.460. The molecule has 3 nitrogen and oxygen atoms in total. The zero-order valence-corrected chi connectivity index (χ0v) is 13.0. The van der Waals surface area contributed by atoms with Crippen LogP contribution in [0.5, 0.6) is 5.75 Å². The van der Waals surface area contributed by atoms with Gasteiger partial charge in [-0.3, -0.25) is 0 Å². The van der Waals surface area contributed by atoms with Crippen molar-refractivity contribution in [3.8, 4) is 5.75 Å². The second-order valence-electron chi connectivity index (χ2n) is 6.29. The molecule has 1 heterocycles. The van der Waals surface area contributed by atoms with Crippen molar-refractivity contribution in [3.05, 3.63) is 29.8 Å². The molecule has 1 aliphatic carbocycles. The Bertz CT molecular complexity index is 427. The summed E-state index contributed by atoms with van der Waals surface area (Å²) < 4.78 is 11.6. The molecule has 2 fully saturated rings. The molecular formula is C18H27NO2. The fourth-order valence-electron chi connectivity index (χ4n) is 3.01. The zero-order valence-electron chi connectivity index (χ0n) is 13.0. The van der Waals surface area contributed by atoms with Crippen molar-refractivity contribution in [1.82, 2.24) is 5.32 Å². The van der Waals surface area contributed by atoms with Crippen LogP contribution in [0.4, 0.5) is 0 Å². The first-order valence-corrected chi connectivity index (χ1v) is 8.43. The topological polar surface area (TPSA) is 30.5 Å². The van der Waals surface area contributed by atoms with E-state index in [1.807, 2.05) is 0 Å². The molecule has 1 saturated carbocycles.